The van der Waals surface area contributed by atoms with Crippen LogP contribution in [0.4, 0.5) is 0 Å². The van der Waals surface area contributed by atoms with E-state index in [1.165, 1.54) is 12.8 Å². The summed E-state index contributed by atoms with van der Waals surface area (Å²) in [6.07, 6.45) is 5.42. The maximum atomic E-state index is 10.8. The Morgan fingerprint density at radius 3 is 2.87 bits per heavy atom. The molecule has 1 atom stereocenters. The van der Waals surface area contributed by atoms with Crippen LogP contribution in [0, 0.1) is 5.92 Å². The van der Waals surface area contributed by atoms with Gasteiger partial charge in [-0.05, 0) is 24.5 Å². The highest BCUT2D eigenvalue weighted by atomic mass is 16.4. The van der Waals surface area contributed by atoms with Gasteiger partial charge in [-0.15, -0.1) is 0 Å². The van der Waals surface area contributed by atoms with Gasteiger partial charge in [-0.25, -0.2) is 0 Å². The molecule has 80 valence electrons. The molecule has 3 nitrogen and oxygen atoms in total. The molecule has 1 aromatic rings. The van der Waals surface area contributed by atoms with Crippen molar-refractivity contribution in [2.45, 2.75) is 31.6 Å². The summed E-state index contributed by atoms with van der Waals surface area (Å²) >= 11 is 0. The third kappa shape index (κ3) is 3.05. The van der Waals surface area contributed by atoms with E-state index in [4.69, 9.17) is 5.11 Å². The number of carboxylic acid groups (broad SMARTS) is 1. The van der Waals surface area contributed by atoms with Crippen molar-refractivity contribution in [3.8, 4) is 0 Å². The molecule has 0 radical (unpaired) electrons. The van der Waals surface area contributed by atoms with Crippen molar-refractivity contribution >= 4 is 5.97 Å². The Labute approximate surface area is 89.2 Å². The van der Waals surface area contributed by atoms with E-state index >= 15 is 0 Å². The van der Waals surface area contributed by atoms with Gasteiger partial charge in [0, 0.05) is 17.8 Å². The average molecular weight is 205 g/mol. The minimum atomic E-state index is -0.730. The molecule has 0 aromatic carbocycles. The summed E-state index contributed by atoms with van der Waals surface area (Å²) in [6, 6.07) is 5.71. The van der Waals surface area contributed by atoms with Gasteiger partial charge in [-0.3, -0.25) is 9.78 Å². The molecule has 1 aromatic heterocycles. The molecule has 15 heavy (non-hydrogen) atoms. The lowest BCUT2D eigenvalue weighted by atomic mass is 9.94. The maximum Gasteiger partial charge on any atom is 0.304 e. The van der Waals surface area contributed by atoms with E-state index in [9.17, 15) is 4.79 Å². The Balaban J connectivity index is 2.06. The van der Waals surface area contributed by atoms with Crippen LogP contribution >= 0.6 is 0 Å². The first-order valence-electron chi connectivity index (χ1n) is 5.38. The van der Waals surface area contributed by atoms with Crippen LogP contribution in [0.2, 0.25) is 0 Å². The molecule has 1 fully saturated rings. The van der Waals surface area contributed by atoms with Gasteiger partial charge in [0.1, 0.15) is 0 Å². The van der Waals surface area contributed by atoms with Crippen LogP contribution in [0.15, 0.2) is 24.4 Å². The first-order chi connectivity index (χ1) is 7.25. The summed E-state index contributed by atoms with van der Waals surface area (Å²) in [5.41, 5.74) is 0.923. The van der Waals surface area contributed by atoms with Crippen LogP contribution in [0.3, 0.4) is 0 Å². The number of hydrogen-bond donors (Lipinski definition) is 1. The number of aromatic nitrogens is 1. The van der Waals surface area contributed by atoms with Crippen molar-refractivity contribution in [2.24, 2.45) is 5.92 Å². The lowest BCUT2D eigenvalue weighted by molar-refractivity contribution is -0.137. The number of rotatable bonds is 5. The van der Waals surface area contributed by atoms with Gasteiger partial charge in [0.05, 0.1) is 6.42 Å². The topological polar surface area (TPSA) is 50.2 Å². The Kier molecular flexibility index (Phi) is 2.99. The molecular formula is C12H15NO2. The van der Waals surface area contributed by atoms with Gasteiger partial charge >= 0.3 is 5.97 Å². The van der Waals surface area contributed by atoms with Crippen molar-refractivity contribution in [2.75, 3.05) is 0 Å². The lowest BCUT2D eigenvalue weighted by Crippen LogP contribution is -2.08. The molecule has 0 unspecified atom stereocenters. The summed E-state index contributed by atoms with van der Waals surface area (Å²) in [5.74, 6) is 0.0962. The fraction of sp³-hybridized carbons (Fsp3) is 0.500. The average Bonchev–Trinajstić information content (AvgIpc) is 3.01. The summed E-state index contributed by atoms with van der Waals surface area (Å²) in [6.45, 7) is 0. The molecule has 0 aliphatic heterocycles. The van der Waals surface area contributed by atoms with Gasteiger partial charge in [0.25, 0.3) is 0 Å². The van der Waals surface area contributed by atoms with Gasteiger partial charge in [-0.1, -0.05) is 18.9 Å². The second kappa shape index (κ2) is 4.43. The van der Waals surface area contributed by atoms with Crippen LogP contribution in [-0.2, 0) is 4.79 Å². The van der Waals surface area contributed by atoms with Gasteiger partial charge < -0.3 is 5.11 Å². The summed E-state index contributed by atoms with van der Waals surface area (Å²) in [7, 11) is 0. The van der Waals surface area contributed by atoms with E-state index < -0.39 is 5.97 Å². The molecule has 1 aliphatic carbocycles. The first kappa shape index (κ1) is 10.1. The highest BCUT2D eigenvalue weighted by Gasteiger charge is 2.28. The molecule has 0 spiro atoms. The number of nitrogens with zero attached hydrogens (tertiary/aromatic N) is 1. The van der Waals surface area contributed by atoms with E-state index in [-0.39, 0.29) is 12.3 Å². The number of carboxylic acids is 1. The van der Waals surface area contributed by atoms with Gasteiger partial charge in [0.2, 0.25) is 0 Å². The largest absolute Gasteiger partial charge is 0.481 e. The molecule has 0 bridgehead atoms. The quantitative estimate of drug-likeness (QED) is 0.803. The molecule has 3 heteroatoms. The first-order valence-corrected chi connectivity index (χ1v) is 5.38. The minimum absolute atomic E-state index is 0.0937. The van der Waals surface area contributed by atoms with E-state index in [0.717, 1.165) is 18.0 Å². The van der Waals surface area contributed by atoms with Crippen molar-refractivity contribution in [3.05, 3.63) is 30.1 Å². The van der Waals surface area contributed by atoms with Crippen molar-refractivity contribution in [3.63, 3.8) is 0 Å². The number of aliphatic carboxylic acids is 1. The maximum absolute atomic E-state index is 10.8. The molecule has 1 heterocycles. The highest BCUT2D eigenvalue weighted by molar-refractivity contribution is 5.67. The van der Waals surface area contributed by atoms with E-state index in [2.05, 4.69) is 4.98 Å². The van der Waals surface area contributed by atoms with E-state index in [1.54, 1.807) is 6.20 Å². The van der Waals surface area contributed by atoms with Gasteiger partial charge in [0.15, 0.2) is 0 Å². The molecule has 2 rings (SSSR count). The van der Waals surface area contributed by atoms with E-state index in [0.29, 0.717) is 0 Å². The molecule has 1 N–H and O–H groups in total. The zero-order valence-corrected chi connectivity index (χ0v) is 8.60. The fourth-order valence-corrected chi connectivity index (χ4v) is 1.89. The van der Waals surface area contributed by atoms with E-state index in [1.807, 2.05) is 18.2 Å². The molecule has 1 saturated carbocycles. The second-order valence-corrected chi connectivity index (χ2v) is 4.23. The Morgan fingerprint density at radius 2 is 2.33 bits per heavy atom. The zero-order chi connectivity index (χ0) is 10.7. The Morgan fingerprint density at radius 1 is 1.53 bits per heavy atom. The van der Waals surface area contributed by atoms with Crippen molar-refractivity contribution < 1.29 is 9.90 Å². The van der Waals surface area contributed by atoms with Crippen LogP contribution in [-0.4, -0.2) is 16.1 Å². The molecule has 0 saturated heterocycles. The molecule has 0 amide bonds. The van der Waals surface area contributed by atoms with Crippen LogP contribution in [0.1, 0.15) is 37.3 Å². The smallest absolute Gasteiger partial charge is 0.304 e. The lowest BCUT2D eigenvalue weighted by Gasteiger charge is -2.13. The zero-order valence-electron chi connectivity index (χ0n) is 8.60. The van der Waals surface area contributed by atoms with Crippen LogP contribution in [0.25, 0.3) is 0 Å². The fourth-order valence-electron chi connectivity index (χ4n) is 1.89. The third-order valence-electron chi connectivity index (χ3n) is 2.84. The standard InChI is InChI=1S/C12H15NO2/c14-12(15)8-10(7-9-4-5-9)11-3-1-2-6-13-11/h1-3,6,9-10H,4-5,7-8H2,(H,14,15)/t10-/m0/s1. The predicted octanol–water partition coefficient (Wildman–Crippen LogP) is 2.44. The minimum Gasteiger partial charge on any atom is -0.481 e. The monoisotopic (exact) mass is 205 g/mol. The summed E-state index contributed by atoms with van der Waals surface area (Å²) in [5, 5.41) is 8.85. The third-order valence-corrected chi connectivity index (χ3v) is 2.84. The number of pyridine rings is 1. The van der Waals surface area contributed by atoms with Crippen LogP contribution in [0.5, 0.6) is 0 Å². The molecular weight excluding hydrogens is 190 g/mol. The van der Waals surface area contributed by atoms with Gasteiger partial charge in [-0.2, -0.15) is 0 Å². The normalized spacial score (nSPS) is 17.3. The highest BCUT2D eigenvalue weighted by Crippen LogP contribution is 2.39. The Bertz CT molecular complexity index is 333. The number of carbonyl (C=O) groups is 1. The SMILES string of the molecule is O=C(O)C[C@H](CC1CC1)c1ccccn1. The predicted molar refractivity (Wildman–Crippen MR) is 56.6 cm³/mol. The molecule has 1 aliphatic rings. The van der Waals surface area contributed by atoms with Crippen molar-refractivity contribution in [1.82, 2.24) is 4.98 Å². The second-order valence-electron chi connectivity index (χ2n) is 4.23. The summed E-state index contributed by atoms with van der Waals surface area (Å²) in [4.78, 5) is 15.0. The number of hydrogen-bond acceptors (Lipinski definition) is 2. The van der Waals surface area contributed by atoms with Crippen LogP contribution < -0.4 is 0 Å². The Hall–Kier alpha value is -1.38. The summed E-state index contributed by atoms with van der Waals surface area (Å²) < 4.78 is 0. The van der Waals surface area contributed by atoms with Crippen molar-refractivity contribution in [1.29, 1.82) is 0 Å².